The number of benzene rings is 3. The molecule has 3 aromatic carbocycles. The first kappa shape index (κ1) is 22.9. The smallest absolute Gasteiger partial charge is 0.294 e. The molecule has 1 heterocycles. The summed E-state index contributed by atoms with van der Waals surface area (Å²) in [5.41, 5.74) is 2.77. The molecule has 34 heavy (non-hydrogen) atoms. The molecule has 0 radical (unpaired) electrons. The van der Waals surface area contributed by atoms with Gasteiger partial charge in [-0.3, -0.25) is 9.59 Å². The molecular formula is C27H22F2N2O3. The molecule has 0 atom stereocenters. The highest BCUT2D eigenvalue weighted by molar-refractivity contribution is 6.04. The number of hydrogen-bond donors (Lipinski definition) is 1. The van der Waals surface area contributed by atoms with Gasteiger partial charge in [0.25, 0.3) is 5.91 Å². The van der Waals surface area contributed by atoms with Gasteiger partial charge in [-0.1, -0.05) is 36.4 Å². The summed E-state index contributed by atoms with van der Waals surface area (Å²) in [5, 5.41) is 2.81. The summed E-state index contributed by atoms with van der Waals surface area (Å²) < 4.78 is 31.9. The second kappa shape index (κ2) is 10.6. The van der Waals surface area contributed by atoms with Crippen LogP contribution in [0.2, 0.25) is 0 Å². The fourth-order valence-electron chi connectivity index (χ4n) is 3.48. The summed E-state index contributed by atoms with van der Waals surface area (Å²) in [6.07, 6.45) is 1.57. The van der Waals surface area contributed by atoms with Crippen molar-refractivity contribution in [1.29, 1.82) is 0 Å². The van der Waals surface area contributed by atoms with E-state index in [4.69, 9.17) is 4.42 Å². The largest absolute Gasteiger partial charge is 0.459 e. The third-order valence-corrected chi connectivity index (χ3v) is 5.22. The molecule has 7 heteroatoms. The molecule has 1 N–H and O–H groups in total. The number of carbonyl (C=O) groups is 2. The van der Waals surface area contributed by atoms with E-state index in [1.165, 1.54) is 35.4 Å². The lowest BCUT2D eigenvalue weighted by atomic mass is 10.1. The Kier molecular flexibility index (Phi) is 7.13. The van der Waals surface area contributed by atoms with Crippen molar-refractivity contribution in [2.45, 2.75) is 19.5 Å². The van der Waals surface area contributed by atoms with Crippen LogP contribution >= 0.6 is 0 Å². The molecule has 5 nitrogen and oxygen atoms in total. The van der Waals surface area contributed by atoms with E-state index >= 15 is 0 Å². The number of nitrogens with one attached hydrogen (secondary N) is 1. The van der Waals surface area contributed by atoms with Crippen molar-refractivity contribution in [3.63, 3.8) is 0 Å². The Morgan fingerprint density at radius 3 is 2.21 bits per heavy atom. The van der Waals surface area contributed by atoms with Crippen molar-refractivity contribution in [3.05, 3.63) is 125 Å². The topological polar surface area (TPSA) is 62.6 Å². The van der Waals surface area contributed by atoms with Gasteiger partial charge < -0.3 is 14.6 Å². The highest BCUT2D eigenvalue weighted by Crippen LogP contribution is 2.22. The van der Waals surface area contributed by atoms with E-state index in [0.29, 0.717) is 17.8 Å². The lowest BCUT2D eigenvalue weighted by molar-refractivity contribution is -0.120. The van der Waals surface area contributed by atoms with E-state index in [2.05, 4.69) is 5.32 Å². The van der Waals surface area contributed by atoms with E-state index in [0.717, 1.165) is 11.1 Å². The van der Waals surface area contributed by atoms with Gasteiger partial charge in [0.2, 0.25) is 5.91 Å². The van der Waals surface area contributed by atoms with Gasteiger partial charge in [-0.2, -0.15) is 0 Å². The normalized spacial score (nSPS) is 10.6. The molecule has 0 aliphatic heterocycles. The van der Waals surface area contributed by atoms with Gasteiger partial charge in [-0.25, -0.2) is 8.78 Å². The summed E-state index contributed by atoms with van der Waals surface area (Å²) in [7, 11) is 0. The second-order valence-electron chi connectivity index (χ2n) is 7.74. The van der Waals surface area contributed by atoms with Gasteiger partial charge >= 0.3 is 0 Å². The van der Waals surface area contributed by atoms with Crippen molar-refractivity contribution in [3.8, 4) is 0 Å². The van der Waals surface area contributed by atoms with Crippen molar-refractivity contribution < 1.29 is 22.8 Å². The van der Waals surface area contributed by atoms with Crippen LogP contribution in [0, 0.1) is 11.6 Å². The Bertz CT molecular complexity index is 1250. The first-order valence-electron chi connectivity index (χ1n) is 10.7. The van der Waals surface area contributed by atoms with Crippen molar-refractivity contribution in [2.75, 3.05) is 4.90 Å². The number of anilines is 1. The average molecular weight is 460 g/mol. The minimum atomic E-state index is -0.384. The molecule has 1 aromatic heterocycles. The maximum Gasteiger partial charge on any atom is 0.294 e. The van der Waals surface area contributed by atoms with Gasteiger partial charge in [0.1, 0.15) is 11.6 Å². The van der Waals surface area contributed by atoms with Crippen LogP contribution < -0.4 is 10.2 Å². The van der Waals surface area contributed by atoms with Crippen molar-refractivity contribution in [1.82, 2.24) is 5.32 Å². The predicted molar refractivity (Wildman–Crippen MR) is 124 cm³/mol. The molecule has 0 unspecified atom stereocenters. The first-order chi connectivity index (χ1) is 16.5. The molecule has 0 spiro atoms. The molecule has 0 aliphatic carbocycles. The Morgan fingerprint density at radius 2 is 1.53 bits per heavy atom. The van der Waals surface area contributed by atoms with Crippen LogP contribution in [0.3, 0.4) is 0 Å². The van der Waals surface area contributed by atoms with Crippen molar-refractivity contribution in [2.24, 2.45) is 0 Å². The lowest BCUT2D eigenvalue weighted by Gasteiger charge is -2.22. The molecule has 2 amide bonds. The first-order valence-corrected chi connectivity index (χ1v) is 10.7. The van der Waals surface area contributed by atoms with E-state index in [-0.39, 0.29) is 42.2 Å². The van der Waals surface area contributed by atoms with Gasteiger partial charge in [-0.15, -0.1) is 0 Å². The third-order valence-electron chi connectivity index (χ3n) is 5.22. The minimum absolute atomic E-state index is 0.148. The molecule has 4 rings (SSSR count). The van der Waals surface area contributed by atoms with Crippen LogP contribution in [0.5, 0.6) is 0 Å². The standard InChI is InChI=1S/C27H22F2N2O3/c28-22-10-6-20(7-11-22)17-30-26(32)16-19-8-12-24(13-9-19)31(27(33)25-5-2-14-34-25)18-21-3-1-4-23(29)15-21/h1-15H,16-18H2,(H,30,32). The average Bonchev–Trinajstić information content (AvgIpc) is 3.38. The van der Waals surface area contributed by atoms with E-state index in [9.17, 15) is 18.4 Å². The summed E-state index contributed by atoms with van der Waals surface area (Å²) >= 11 is 0. The zero-order valence-corrected chi connectivity index (χ0v) is 18.2. The van der Waals surface area contributed by atoms with E-state index < -0.39 is 0 Å². The van der Waals surface area contributed by atoms with Crippen LogP contribution in [0.15, 0.2) is 95.6 Å². The molecule has 0 bridgehead atoms. The van der Waals surface area contributed by atoms with Gasteiger partial charge in [0, 0.05) is 12.2 Å². The van der Waals surface area contributed by atoms with Gasteiger partial charge in [0.15, 0.2) is 5.76 Å². The highest BCUT2D eigenvalue weighted by Gasteiger charge is 2.21. The Hall–Kier alpha value is -4.26. The number of amides is 2. The van der Waals surface area contributed by atoms with Crippen LogP contribution in [-0.4, -0.2) is 11.8 Å². The van der Waals surface area contributed by atoms with Gasteiger partial charge in [0.05, 0.1) is 19.2 Å². The maximum absolute atomic E-state index is 13.7. The Balaban J connectivity index is 1.45. The van der Waals surface area contributed by atoms with Crippen LogP contribution in [0.25, 0.3) is 0 Å². The summed E-state index contributed by atoms with van der Waals surface area (Å²) in [6, 6.07) is 22.2. The number of halogens is 2. The Morgan fingerprint density at radius 1 is 0.794 bits per heavy atom. The molecule has 172 valence electrons. The zero-order chi connectivity index (χ0) is 23.9. The molecule has 0 saturated carbocycles. The lowest BCUT2D eigenvalue weighted by Crippen LogP contribution is -2.30. The second-order valence-corrected chi connectivity index (χ2v) is 7.74. The van der Waals surface area contributed by atoms with Gasteiger partial charge in [-0.05, 0) is 65.2 Å². The zero-order valence-electron chi connectivity index (χ0n) is 18.2. The molecule has 0 aliphatic rings. The van der Waals surface area contributed by atoms with Crippen molar-refractivity contribution >= 4 is 17.5 Å². The Labute approximate surface area is 195 Å². The van der Waals surface area contributed by atoms with Crippen LogP contribution in [-0.2, 0) is 24.3 Å². The van der Waals surface area contributed by atoms with E-state index in [1.807, 2.05) is 0 Å². The number of hydrogen-bond acceptors (Lipinski definition) is 3. The quantitative estimate of drug-likeness (QED) is 0.390. The maximum atomic E-state index is 13.7. The summed E-state index contributed by atoms with van der Waals surface area (Å²) in [5.74, 6) is -1.09. The molecule has 4 aromatic rings. The molecule has 0 fully saturated rings. The fraction of sp³-hybridized carbons (Fsp3) is 0.111. The van der Waals surface area contributed by atoms with Crippen LogP contribution in [0.1, 0.15) is 27.2 Å². The molecule has 0 saturated heterocycles. The number of carbonyl (C=O) groups excluding carboxylic acids is 2. The van der Waals surface area contributed by atoms with E-state index in [1.54, 1.807) is 60.7 Å². The number of rotatable bonds is 8. The summed E-state index contributed by atoms with van der Waals surface area (Å²) in [6.45, 7) is 0.449. The SMILES string of the molecule is O=C(Cc1ccc(N(Cc2cccc(F)c2)C(=O)c2ccco2)cc1)NCc1ccc(F)cc1. The predicted octanol–water partition coefficient (Wildman–Crippen LogP) is 5.26. The van der Waals surface area contributed by atoms with Crippen LogP contribution in [0.4, 0.5) is 14.5 Å². The number of nitrogens with zero attached hydrogens (tertiary/aromatic N) is 1. The number of furan rings is 1. The summed E-state index contributed by atoms with van der Waals surface area (Å²) in [4.78, 5) is 26.9. The minimum Gasteiger partial charge on any atom is -0.459 e. The third kappa shape index (κ3) is 5.95. The fourth-order valence-corrected chi connectivity index (χ4v) is 3.48. The molecular weight excluding hydrogens is 438 g/mol. The monoisotopic (exact) mass is 460 g/mol. The highest BCUT2D eigenvalue weighted by atomic mass is 19.1.